The zero-order valence-corrected chi connectivity index (χ0v) is 13.6. The largest absolute Gasteiger partial charge is 0.497 e. The van der Waals surface area contributed by atoms with Crippen molar-refractivity contribution in [2.24, 2.45) is 10.9 Å². The van der Waals surface area contributed by atoms with Crippen molar-refractivity contribution in [1.29, 1.82) is 0 Å². The monoisotopic (exact) mass is 329 g/mol. The van der Waals surface area contributed by atoms with E-state index >= 15 is 0 Å². The number of urea groups is 1. The van der Waals surface area contributed by atoms with E-state index < -0.39 is 23.8 Å². The Morgan fingerprint density at radius 1 is 1.25 bits per heavy atom. The topological polar surface area (TPSA) is 88.1 Å². The molecule has 1 aromatic carbocycles. The highest BCUT2D eigenvalue weighted by Gasteiger charge is 2.44. The van der Waals surface area contributed by atoms with Gasteiger partial charge in [-0.15, -0.1) is 0 Å². The number of hydrogen-bond donors (Lipinski definition) is 1. The number of ether oxygens (including phenoxy) is 1. The van der Waals surface area contributed by atoms with E-state index in [1.165, 1.54) is 7.11 Å². The number of aliphatic imine (C=N–C) groups is 1. The van der Waals surface area contributed by atoms with Gasteiger partial charge in [-0.3, -0.25) is 19.9 Å². The van der Waals surface area contributed by atoms with Crippen LogP contribution in [0.2, 0.25) is 0 Å². The molecule has 1 aromatic rings. The highest BCUT2D eigenvalue weighted by molar-refractivity contribution is 6.35. The van der Waals surface area contributed by atoms with Crippen LogP contribution in [-0.4, -0.2) is 36.7 Å². The lowest BCUT2D eigenvalue weighted by Crippen LogP contribution is -2.60. The third kappa shape index (κ3) is 3.02. The molecule has 4 amide bonds. The van der Waals surface area contributed by atoms with Crippen LogP contribution in [0.1, 0.15) is 26.2 Å². The Bertz CT molecular complexity index is 707. The fourth-order valence-electron chi connectivity index (χ4n) is 2.65. The Hall–Kier alpha value is -2.70. The summed E-state index contributed by atoms with van der Waals surface area (Å²) >= 11 is 0. The van der Waals surface area contributed by atoms with E-state index in [1.54, 1.807) is 24.3 Å². The number of nitrogens with zero attached hydrogens (tertiary/aromatic N) is 2. The highest BCUT2D eigenvalue weighted by atomic mass is 16.5. The van der Waals surface area contributed by atoms with Crippen LogP contribution in [0.15, 0.2) is 29.3 Å². The van der Waals surface area contributed by atoms with E-state index in [2.05, 4.69) is 10.3 Å². The molecule has 0 spiro atoms. The van der Waals surface area contributed by atoms with Crippen molar-refractivity contribution in [2.45, 2.75) is 32.2 Å². The zero-order valence-electron chi connectivity index (χ0n) is 13.6. The van der Waals surface area contributed by atoms with E-state index in [0.29, 0.717) is 23.6 Å². The van der Waals surface area contributed by atoms with E-state index in [4.69, 9.17) is 4.74 Å². The van der Waals surface area contributed by atoms with Crippen molar-refractivity contribution in [3.05, 3.63) is 24.3 Å². The predicted molar refractivity (Wildman–Crippen MR) is 88.3 cm³/mol. The first-order valence-electron chi connectivity index (χ1n) is 7.94. The zero-order chi connectivity index (χ0) is 17.3. The predicted octanol–water partition coefficient (Wildman–Crippen LogP) is 1.91. The Morgan fingerprint density at radius 3 is 2.46 bits per heavy atom. The molecule has 24 heavy (non-hydrogen) atoms. The molecule has 1 saturated carbocycles. The molecule has 1 N–H and O–H groups in total. The number of hydrogen-bond acceptors (Lipinski definition) is 5. The normalized spacial score (nSPS) is 21.8. The molecule has 0 bridgehead atoms. The molecule has 1 atom stereocenters. The quantitative estimate of drug-likeness (QED) is 0.660. The van der Waals surface area contributed by atoms with Crippen LogP contribution in [0.25, 0.3) is 0 Å². The van der Waals surface area contributed by atoms with Gasteiger partial charge in [0, 0.05) is 5.71 Å². The fraction of sp³-hybridized carbons (Fsp3) is 0.412. The molecule has 0 radical (unpaired) electrons. The molecule has 1 saturated heterocycles. The van der Waals surface area contributed by atoms with Crippen molar-refractivity contribution in [3.63, 3.8) is 0 Å². The summed E-state index contributed by atoms with van der Waals surface area (Å²) in [6.07, 6.45) is 2.45. The number of carbonyl (C=O) groups is 3. The first-order valence-corrected chi connectivity index (χ1v) is 7.94. The van der Waals surface area contributed by atoms with Gasteiger partial charge in [0.15, 0.2) is 5.92 Å². The Kier molecular flexibility index (Phi) is 4.33. The van der Waals surface area contributed by atoms with Crippen LogP contribution in [0.5, 0.6) is 5.75 Å². The maximum atomic E-state index is 12.8. The summed E-state index contributed by atoms with van der Waals surface area (Å²) in [5.74, 6) is -1.60. The molecule has 1 unspecified atom stereocenters. The number of methoxy groups -OCH3 is 1. The summed E-state index contributed by atoms with van der Waals surface area (Å²) in [6.45, 7) is 1.86. The van der Waals surface area contributed by atoms with Gasteiger partial charge in [0.25, 0.3) is 5.91 Å². The first kappa shape index (κ1) is 16.2. The number of rotatable bonds is 5. The molecule has 7 heteroatoms. The lowest BCUT2D eigenvalue weighted by Gasteiger charge is -2.30. The number of amides is 4. The molecule has 0 aromatic heterocycles. The molecular weight excluding hydrogens is 310 g/mol. The van der Waals surface area contributed by atoms with Crippen molar-refractivity contribution in [1.82, 2.24) is 5.32 Å². The van der Waals surface area contributed by atoms with E-state index in [1.807, 2.05) is 6.92 Å². The summed E-state index contributed by atoms with van der Waals surface area (Å²) in [4.78, 5) is 42.7. The molecule has 3 rings (SSSR count). The van der Waals surface area contributed by atoms with Gasteiger partial charge in [0.1, 0.15) is 5.75 Å². The minimum atomic E-state index is -1.05. The van der Waals surface area contributed by atoms with Crippen LogP contribution >= 0.6 is 0 Å². The van der Waals surface area contributed by atoms with Gasteiger partial charge < -0.3 is 4.74 Å². The smallest absolute Gasteiger partial charge is 0.335 e. The average Bonchev–Trinajstić information content (AvgIpc) is 3.38. The van der Waals surface area contributed by atoms with E-state index in [-0.39, 0.29) is 6.04 Å². The van der Waals surface area contributed by atoms with Gasteiger partial charge in [0.2, 0.25) is 5.91 Å². The third-order valence-electron chi connectivity index (χ3n) is 4.08. The lowest BCUT2D eigenvalue weighted by atomic mass is 9.96. The number of barbiturate groups is 1. The summed E-state index contributed by atoms with van der Waals surface area (Å²) in [5.41, 5.74) is 0.920. The number of anilines is 1. The van der Waals surface area contributed by atoms with Gasteiger partial charge in [0.05, 0.1) is 18.8 Å². The summed E-state index contributed by atoms with van der Waals surface area (Å²) < 4.78 is 5.08. The fourth-order valence-corrected chi connectivity index (χ4v) is 2.65. The first-order chi connectivity index (χ1) is 11.5. The van der Waals surface area contributed by atoms with Crippen LogP contribution < -0.4 is 15.0 Å². The van der Waals surface area contributed by atoms with Crippen molar-refractivity contribution < 1.29 is 19.1 Å². The van der Waals surface area contributed by atoms with Gasteiger partial charge in [-0.05, 0) is 43.5 Å². The molecule has 2 aliphatic rings. The van der Waals surface area contributed by atoms with Crippen molar-refractivity contribution in [2.75, 3.05) is 12.0 Å². The molecule has 1 aliphatic heterocycles. The summed E-state index contributed by atoms with van der Waals surface area (Å²) in [7, 11) is 1.53. The van der Waals surface area contributed by atoms with Gasteiger partial charge >= 0.3 is 6.03 Å². The summed E-state index contributed by atoms with van der Waals surface area (Å²) in [6, 6.07) is 5.97. The second-order valence-corrected chi connectivity index (χ2v) is 5.80. The molecule has 1 aliphatic carbocycles. The average molecular weight is 329 g/mol. The number of imide groups is 2. The van der Waals surface area contributed by atoms with E-state index in [9.17, 15) is 14.4 Å². The molecule has 126 valence electrons. The van der Waals surface area contributed by atoms with Crippen molar-refractivity contribution in [3.8, 4) is 5.75 Å². The molecule has 1 heterocycles. The number of carbonyl (C=O) groups excluding carboxylic acids is 3. The number of nitrogens with one attached hydrogen (secondary N) is 1. The van der Waals surface area contributed by atoms with Crippen molar-refractivity contribution >= 4 is 29.2 Å². The van der Waals surface area contributed by atoms with Crippen LogP contribution in [-0.2, 0) is 9.59 Å². The Morgan fingerprint density at radius 2 is 1.92 bits per heavy atom. The molecule has 7 nitrogen and oxygen atoms in total. The highest BCUT2D eigenvalue weighted by Crippen LogP contribution is 2.28. The Balaban J connectivity index is 1.92. The second-order valence-electron chi connectivity index (χ2n) is 5.80. The number of benzene rings is 1. The van der Waals surface area contributed by atoms with E-state index in [0.717, 1.165) is 17.7 Å². The van der Waals surface area contributed by atoms with Gasteiger partial charge in [-0.25, -0.2) is 9.69 Å². The molecule has 2 fully saturated rings. The Labute approximate surface area is 139 Å². The lowest BCUT2D eigenvalue weighted by molar-refractivity contribution is -0.131. The standard InChI is InChI=1S/C17H19N3O4/c1-3-13(18-10-4-5-10)14-15(21)19-17(23)20(16(14)22)11-6-8-12(24-2)9-7-11/h6-10,14H,3-5H2,1-2H3,(H,19,21,23). The SMILES string of the molecule is CCC(=NC1CC1)C1C(=O)NC(=O)N(c2ccc(OC)cc2)C1=O. The summed E-state index contributed by atoms with van der Waals surface area (Å²) in [5, 5.41) is 2.26. The minimum Gasteiger partial charge on any atom is -0.497 e. The van der Waals surface area contributed by atoms with Gasteiger partial charge in [-0.1, -0.05) is 6.92 Å². The van der Waals surface area contributed by atoms with Crippen LogP contribution in [0.4, 0.5) is 10.5 Å². The third-order valence-corrected chi connectivity index (χ3v) is 4.08. The molecular formula is C17H19N3O4. The maximum Gasteiger partial charge on any atom is 0.335 e. The van der Waals surface area contributed by atoms with Crippen LogP contribution in [0, 0.1) is 5.92 Å². The van der Waals surface area contributed by atoms with Crippen LogP contribution in [0.3, 0.4) is 0 Å². The minimum absolute atomic E-state index is 0.201. The van der Waals surface area contributed by atoms with Gasteiger partial charge in [-0.2, -0.15) is 0 Å². The maximum absolute atomic E-state index is 12.8. The second kappa shape index (κ2) is 6.43.